The standard InChI is InChI=1S/C19H25NO/c1-14(2)12-16-8-10-17(11-9-16)15(3)20-19-7-5-4-6-18(19)13-21/h4-11,14-15,20-21H,12-13H2,1-3H3. The van der Waals surface area contributed by atoms with Crippen LogP contribution >= 0.6 is 0 Å². The average Bonchev–Trinajstić information content (AvgIpc) is 2.48. The summed E-state index contributed by atoms with van der Waals surface area (Å²) in [7, 11) is 0. The molecule has 2 aromatic rings. The number of nitrogens with one attached hydrogen (secondary N) is 1. The molecule has 0 aliphatic heterocycles. The Kier molecular flexibility index (Phi) is 5.40. The molecule has 0 aliphatic carbocycles. The zero-order valence-electron chi connectivity index (χ0n) is 13.1. The van der Waals surface area contributed by atoms with Crippen molar-refractivity contribution >= 4 is 5.69 Å². The van der Waals surface area contributed by atoms with Gasteiger partial charge in [-0.15, -0.1) is 0 Å². The maximum absolute atomic E-state index is 9.38. The lowest BCUT2D eigenvalue weighted by molar-refractivity contribution is 0.282. The summed E-state index contributed by atoms with van der Waals surface area (Å²) in [6.07, 6.45) is 1.12. The van der Waals surface area contributed by atoms with Crippen LogP contribution in [0.5, 0.6) is 0 Å². The third kappa shape index (κ3) is 4.33. The summed E-state index contributed by atoms with van der Waals surface area (Å²) in [5.41, 5.74) is 4.58. The van der Waals surface area contributed by atoms with Crippen LogP contribution in [0, 0.1) is 5.92 Å². The lowest BCUT2D eigenvalue weighted by Gasteiger charge is -2.18. The second-order valence-electron chi connectivity index (χ2n) is 6.02. The Morgan fingerprint density at radius 2 is 1.62 bits per heavy atom. The molecule has 0 spiro atoms. The summed E-state index contributed by atoms with van der Waals surface area (Å²) in [6.45, 7) is 6.68. The topological polar surface area (TPSA) is 32.3 Å². The van der Waals surface area contributed by atoms with Gasteiger partial charge in [0.05, 0.1) is 6.61 Å². The first-order valence-corrected chi connectivity index (χ1v) is 7.64. The maximum atomic E-state index is 9.38. The van der Waals surface area contributed by atoms with E-state index in [9.17, 15) is 5.11 Å². The number of rotatable bonds is 6. The zero-order valence-corrected chi connectivity index (χ0v) is 13.1. The summed E-state index contributed by atoms with van der Waals surface area (Å²) in [4.78, 5) is 0. The molecule has 0 saturated heterocycles. The predicted molar refractivity (Wildman–Crippen MR) is 89.4 cm³/mol. The third-order valence-corrected chi connectivity index (χ3v) is 3.68. The van der Waals surface area contributed by atoms with E-state index < -0.39 is 0 Å². The SMILES string of the molecule is CC(C)Cc1ccc(C(C)Nc2ccccc2CO)cc1. The minimum absolute atomic E-state index is 0.0587. The molecule has 0 saturated carbocycles. The predicted octanol–water partition coefficient (Wildman–Crippen LogP) is 4.55. The fourth-order valence-electron chi connectivity index (χ4n) is 2.53. The van der Waals surface area contributed by atoms with Crippen LogP contribution < -0.4 is 5.32 Å². The Balaban J connectivity index is 2.07. The van der Waals surface area contributed by atoms with Crippen LogP contribution in [0.4, 0.5) is 5.69 Å². The van der Waals surface area contributed by atoms with Crippen LogP contribution in [0.25, 0.3) is 0 Å². The first-order chi connectivity index (χ1) is 10.1. The molecule has 0 aromatic heterocycles. The van der Waals surface area contributed by atoms with Gasteiger partial charge in [-0.1, -0.05) is 56.3 Å². The minimum Gasteiger partial charge on any atom is -0.392 e. The van der Waals surface area contributed by atoms with Crippen molar-refractivity contribution in [1.29, 1.82) is 0 Å². The molecular formula is C19H25NO. The highest BCUT2D eigenvalue weighted by Gasteiger charge is 2.08. The second-order valence-corrected chi connectivity index (χ2v) is 6.02. The fraction of sp³-hybridized carbons (Fsp3) is 0.368. The Morgan fingerprint density at radius 3 is 2.24 bits per heavy atom. The van der Waals surface area contributed by atoms with Crippen LogP contribution in [0.3, 0.4) is 0 Å². The zero-order chi connectivity index (χ0) is 15.2. The van der Waals surface area contributed by atoms with Gasteiger partial charge in [0.15, 0.2) is 0 Å². The number of hydrogen-bond acceptors (Lipinski definition) is 2. The van der Waals surface area contributed by atoms with Gasteiger partial charge in [0.25, 0.3) is 0 Å². The van der Waals surface area contributed by atoms with Crippen molar-refractivity contribution in [2.45, 2.75) is 39.8 Å². The van der Waals surface area contributed by atoms with E-state index in [4.69, 9.17) is 0 Å². The molecule has 0 heterocycles. The van der Waals surface area contributed by atoms with Gasteiger partial charge >= 0.3 is 0 Å². The number of benzene rings is 2. The number of para-hydroxylation sites is 1. The largest absolute Gasteiger partial charge is 0.392 e. The van der Waals surface area contributed by atoms with Crippen molar-refractivity contribution in [3.8, 4) is 0 Å². The Hall–Kier alpha value is -1.80. The molecule has 0 aliphatic rings. The van der Waals surface area contributed by atoms with Crippen molar-refractivity contribution in [1.82, 2.24) is 0 Å². The third-order valence-electron chi connectivity index (χ3n) is 3.68. The Bertz CT molecular complexity index is 560. The van der Waals surface area contributed by atoms with Crippen molar-refractivity contribution in [2.24, 2.45) is 5.92 Å². The molecule has 2 N–H and O–H groups in total. The molecule has 0 fully saturated rings. The van der Waals surface area contributed by atoms with Gasteiger partial charge in [0, 0.05) is 17.3 Å². The molecule has 0 radical (unpaired) electrons. The highest BCUT2D eigenvalue weighted by atomic mass is 16.3. The molecule has 0 amide bonds. The molecule has 2 heteroatoms. The van der Waals surface area contributed by atoms with Crippen molar-refractivity contribution in [3.05, 3.63) is 65.2 Å². The van der Waals surface area contributed by atoms with Gasteiger partial charge in [0.2, 0.25) is 0 Å². The van der Waals surface area contributed by atoms with Crippen molar-refractivity contribution in [2.75, 3.05) is 5.32 Å². The molecular weight excluding hydrogens is 258 g/mol. The molecule has 1 atom stereocenters. The van der Waals surface area contributed by atoms with Crippen LogP contribution in [-0.4, -0.2) is 5.11 Å². The summed E-state index contributed by atoms with van der Waals surface area (Å²) in [6, 6.07) is 16.9. The lowest BCUT2D eigenvalue weighted by atomic mass is 9.99. The number of aliphatic hydroxyl groups excluding tert-OH is 1. The molecule has 1 unspecified atom stereocenters. The molecule has 2 rings (SSSR count). The lowest BCUT2D eigenvalue weighted by Crippen LogP contribution is -2.08. The molecule has 2 nitrogen and oxygen atoms in total. The Morgan fingerprint density at radius 1 is 0.952 bits per heavy atom. The van der Waals surface area contributed by atoms with Gasteiger partial charge in [-0.3, -0.25) is 0 Å². The highest BCUT2D eigenvalue weighted by molar-refractivity contribution is 5.52. The molecule has 0 bridgehead atoms. The summed E-state index contributed by atoms with van der Waals surface area (Å²) < 4.78 is 0. The van der Waals surface area contributed by atoms with E-state index in [1.807, 2.05) is 24.3 Å². The van der Waals surface area contributed by atoms with Crippen LogP contribution in [0.1, 0.15) is 43.5 Å². The molecule has 112 valence electrons. The van der Waals surface area contributed by atoms with E-state index in [0.29, 0.717) is 5.92 Å². The van der Waals surface area contributed by atoms with Crippen LogP contribution in [0.2, 0.25) is 0 Å². The van der Waals surface area contributed by atoms with Crippen molar-refractivity contribution < 1.29 is 5.11 Å². The van der Waals surface area contributed by atoms with E-state index in [0.717, 1.165) is 17.7 Å². The van der Waals surface area contributed by atoms with Gasteiger partial charge in [-0.25, -0.2) is 0 Å². The molecule has 21 heavy (non-hydrogen) atoms. The number of anilines is 1. The fourth-order valence-corrected chi connectivity index (χ4v) is 2.53. The van der Waals surface area contributed by atoms with E-state index in [1.165, 1.54) is 11.1 Å². The minimum atomic E-state index is 0.0587. The smallest absolute Gasteiger partial charge is 0.0701 e. The highest BCUT2D eigenvalue weighted by Crippen LogP contribution is 2.23. The average molecular weight is 283 g/mol. The second kappa shape index (κ2) is 7.28. The quantitative estimate of drug-likeness (QED) is 0.815. The summed E-state index contributed by atoms with van der Waals surface area (Å²) >= 11 is 0. The molecule has 2 aromatic carbocycles. The van der Waals surface area contributed by atoms with Gasteiger partial charge in [0.1, 0.15) is 0 Å². The van der Waals surface area contributed by atoms with Gasteiger partial charge < -0.3 is 10.4 Å². The normalized spacial score (nSPS) is 12.4. The van der Waals surface area contributed by atoms with Crippen molar-refractivity contribution in [3.63, 3.8) is 0 Å². The van der Waals surface area contributed by atoms with E-state index in [2.05, 4.69) is 50.4 Å². The number of hydrogen-bond donors (Lipinski definition) is 2. The first-order valence-electron chi connectivity index (χ1n) is 7.64. The summed E-state index contributed by atoms with van der Waals surface area (Å²) in [5, 5.41) is 12.9. The van der Waals surface area contributed by atoms with Crippen LogP contribution in [0.15, 0.2) is 48.5 Å². The van der Waals surface area contributed by atoms with Gasteiger partial charge in [-0.05, 0) is 36.5 Å². The summed E-state index contributed by atoms with van der Waals surface area (Å²) in [5.74, 6) is 0.683. The van der Waals surface area contributed by atoms with E-state index in [1.54, 1.807) is 0 Å². The first kappa shape index (κ1) is 15.6. The van der Waals surface area contributed by atoms with Gasteiger partial charge in [-0.2, -0.15) is 0 Å². The maximum Gasteiger partial charge on any atom is 0.0701 e. The van der Waals surface area contributed by atoms with Crippen LogP contribution in [-0.2, 0) is 13.0 Å². The number of aliphatic hydroxyl groups is 1. The monoisotopic (exact) mass is 283 g/mol. The Labute approximate surface area is 127 Å². The van der Waals surface area contributed by atoms with E-state index >= 15 is 0 Å². The van der Waals surface area contributed by atoms with E-state index in [-0.39, 0.29) is 12.6 Å².